The summed E-state index contributed by atoms with van der Waals surface area (Å²) in [4.78, 5) is 55.2. The Morgan fingerprint density at radius 3 is 2.11 bits per heavy atom. The highest BCUT2D eigenvalue weighted by atomic mass is 32.1. The second-order valence-corrected chi connectivity index (χ2v) is 15.5. The van der Waals surface area contributed by atoms with E-state index in [9.17, 15) is 19.2 Å². The molecule has 0 bridgehead atoms. The molecule has 290 valence electrons. The molecule has 3 aromatic carbocycles. The molecule has 1 saturated carbocycles. The number of anilines is 2. The van der Waals surface area contributed by atoms with Gasteiger partial charge in [-0.1, -0.05) is 36.4 Å². The van der Waals surface area contributed by atoms with E-state index < -0.39 is 0 Å². The zero-order chi connectivity index (χ0) is 38.7. The van der Waals surface area contributed by atoms with E-state index in [1.807, 2.05) is 60.7 Å². The standard InChI is InChI=1S/C44H51N3O7S/c1-52-26-25-47(36-23-19-33(20-24-36)44(51)54-3)28-31-7-6-8-34(27-31)40(48)46-42-39(37-9-4-5-10-38(37)55-42)41(49)45-35-21-15-30(16-22-35)12-11-29-13-17-32(18-14-29)43(50)53-2/h6-8,13-18,21-22,27,33,36H,4-5,9-12,19-20,23-26,28H2,1-3H3,(H,45,49)(H,46,48)/t33-,36-. The maximum Gasteiger partial charge on any atom is 0.337 e. The number of hydrogen-bond donors (Lipinski definition) is 2. The molecule has 1 fully saturated rings. The predicted molar refractivity (Wildman–Crippen MR) is 215 cm³/mol. The van der Waals surface area contributed by atoms with Crippen LogP contribution in [0.5, 0.6) is 0 Å². The molecule has 4 aromatic rings. The summed E-state index contributed by atoms with van der Waals surface area (Å²) in [5, 5.41) is 6.80. The Labute approximate surface area is 327 Å². The van der Waals surface area contributed by atoms with Gasteiger partial charge in [0.05, 0.1) is 37.9 Å². The van der Waals surface area contributed by atoms with Crippen molar-refractivity contribution < 1.29 is 33.4 Å². The SMILES string of the molecule is COCCN(Cc1cccc(C(=O)Nc2sc3c(c2C(=O)Nc2ccc(CCc4ccc(C(=O)OC)cc4)cc2)CCCC3)c1)[C@H]1CC[C@H](C(=O)OC)CC1. The highest BCUT2D eigenvalue weighted by Crippen LogP contribution is 2.39. The van der Waals surface area contributed by atoms with Crippen molar-refractivity contribution in [1.29, 1.82) is 0 Å². The average Bonchev–Trinajstić information content (AvgIpc) is 3.59. The Hall–Kier alpha value is -4.84. The lowest BCUT2D eigenvalue weighted by Crippen LogP contribution is -2.40. The van der Waals surface area contributed by atoms with Crippen molar-refractivity contribution in [3.8, 4) is 0 Å². The number of nitrogens with zero attached hydrogens (tertiary/aromatic N) is 1. The molecule has 11 heteroatoms. The number of hydrogen-bond acceptors (Lipinski definition) is 9. The van der Waals surface area contributed by atoms with Crippen molar-refractivity contribution in [2.24, 2.45) is 5.92 Å². The van der Waals surface area contributed by atoms with Crippen molar-refractivity contribution >= 4 is 45.8 Å². The first-order chi connectivity index (χ1) is 26.8. The van der Waals surface area contributed by atoms with Crippen molar-refractivity contribution in [3.63, 3.8) is 0 Å². The van der Waals surface area contributed by atoms with Crippen LogP contribution in [0.1, 0.15) is 96.7 Å². The summed E-state index contributed by atoms with van der Waals surface area (Å²) >= 11 is 1.51. The fourth-order valence-electron chi connectivity index (χ4n) is 7.72. The fraction of sp³-hybridized carbons (Fsp3) is 0.409. The lowest BCUT2D eigenvalue weighted by molar-refractivity contribution is -0.147. The Balaban J connectivity index is 1.11. The quantitative estimate of drug-likeness (QED) is 0.117. The summed E-state index contributed by atoms with van der Waals surface area (Å²) in [6.45, 7) is 1.99. The maximum atomic E-state index is 13.9. The van der Waals surface area contributed by atoms with Crippen LogP contribution in [0.4, 0.5) is 10.7 Å². The van der Waals surface area contributed by atoms with E-state index in [-0.39, 0.29) is 29.7 Å². The summed E-state index contributed by atoms with van der Waals surface area (Å²) in [6.07, 6.45) is 8.78. The van der Waals surface area contributed by atoms with E-state index in [2.05, 4.69) is 15.5 Å². The summed E-state index contributed by atoms with van der Waals surface area (Å²) in [6, 6.07) is 23.3. The van der Waals surface area contributed by atoms with Gasteiger partial charge in [-0.15, -0.1) is 11.3 Å². The molecule has 1 aromatic heterocycles. The number of benzene rings is 3. The third-order valence-corrected chi connectivity index (χ3v) is 12.0. The molecular weight excluding hydrogens is 715 g/mol. The molecule has 55 heavy (non-hydrogen) atoms. The second kappa shape index (κ2) is 19.2. The molecular formula is C44H51N3O7S. The normalized spacial score (nSPS) is 16.6. The van der Waals surface area contributed by atoms with Crippen LogP contribution in [0.15, 0.2) is 72.8 Å². The molecule has 2 aliphatic rings. The Morgan fingerprint density at radius 1 is 0.745 bits per heavy atom. The monoisotopic (exact) mass is 765 g/mol. The van der Waals surface area contributed by atoms with Gasteiger partial charge in [0.1, 0.15) is 5.00 Å². The Kier molecular flexibility index (Phi) is 13.9. The van der Waals surface area contributed by atoms with E-state index in [0.29, 0.717) is 46.6 Å². The van der Waals surface area contributed by atoms with Crippen LogP contribution in [-0.4, -0.2) is 69.2 Å². The lowest BCUT2D eigenvalue weighted by Gasteiger charge is -2.36. The molecule has 0 radical (unpaired) electrons. The van der Waals surface area contributed by atoms with Gasteiger partial charge in [0.25, 0.3) is 11.8 Å². The van der Waals surface area contributed by atoms with Gasteiger partial charge in [0.15, 0.2) is 0 Å². The zero-order valence-electron chi connectivity index (χ0n) is 32.0. The first kappa shape index (κ1) is 39.8. The maximum absolute atomic E-state index is 13.9. The number of amides is 2. The number of fused-ring (bicyclic) bond motifs is 1. The summed E-state index contributed by atoms with van der Waals surface area (Å²) in [5.74, 6) is -0.997. The Morgan fingerprint density at radius 2 is 1.44 bits per heavy atom. The summed E-state index contributed by atoms with van der Waals surface area (Å²) < 4.78 is 15.2. The van der Waals surface area contributed by atoms with Crippen LogP contribution in [-0.2, 0) is 51.2 Å². The van der Waals surface area contributed by atoms with Crippen LogP contribution >= 0.6 is 11.3 Å². The van der Waals surface area contributed by atoms with Gasteiger partial charge in [-0.3, -0.25) is 19.3 Å². The topological polar surface area (TPSA) is 123 Å². The highest BCUT2D eigenvalue weighted by Gasteiger charge is 2.31. The number of ether oxygens (including phenoxy) is 3. The average molecular weight is 766 g/mol. The first-order valence-corrected chi connectivity index (χ1v) is 20.0. The minimum atomic E-state index is -0.350. The van der Waals surface area contributed by atoms with Gasteiger partial charge in [0.2, 0.25) is 0 Å². The molecule has 0 saturated heterocycles. The van der Waals surface area contributed by atoms with E-state index in [4.69, 9.17) is 14.2 Å². The first-order valence-electron chi connectivity index (χ1n) is 19.2. The lowest BCUT2D eigenvalue weighted by atomic mass is 9.85. The highest BCUT2D eigenvalue weighted by molar-refractivity contribution is 7.17. The number of esters is 2. The number of methoxy groups -OCH3 is 3. The van der Waals surface area contributed by atoms with Crippen LogP contribution < -0.4 is 10.6 Å². The summed E-state index contributed by atoms with van der Waals surface area (Å²) in [5.41, 5.74) is 6.60. The number of carbonyl (C=O) groups excluding carboxylic acids is 4. The van der Waals surface area contributed by atoms with Crippen molar-refractivity contribution in [3.05, 3.63) is 117 Å². The van der Waals surface area contributed by atoms with E-state index in [1.165, 1.54) is 25.6 Å². The molecule has 0 unspecified atom stereocenters. The van der Waals surface area contributed by atoms with Crippen LogP contribution in [0.2, 0.25) is 0 Å². The van der Waals surface area contributed by atoms with Crippen LogP contribution in [0, 0.1) is 5.92 Å². The van der Waals surface area contributed by atoms with Crippen LogP contribution in [0.25, 0.3) is 0 Å². The molecule has 10 nitrogen and oxygen atoms in total. The number of thiophene rings is 1. The molecule has 2 N–H and O–H groups in total. The van der Waals surface area contributed by atoms with Gasteiger partial charge >= 0.3 is 11.9 Å². The number of rotatable bonds is 15. The number of carbonyl (C=O) groups is 4. The smallest absolute Gasteiger partial charge is 0.337 e. The van der Waals surface area contributed by atoms with E-state index >= 15 is 0 Å². The third-order valence-electron chi connectivity index (χ3n) is 10.8. The largest absolute Gasteiger partial charge is 0.469 e. The fourth-order valence-corrected chi connectivity index (χ4v) is 9.00. The third kappa shape index (κ3) is 10.3. The number of aryl methyl sites for hydroxylation is 3. The predicted octanol–water partition coefficient (Wildman–Crippen LogP) is 7.88. The minimum absolute atomic E-state index is 0.0457. The van der Waals surface area contributed by atoms with Gasteiger partial charge in [0, 0.05) is 42.4 Å². The van der Waals surface area contributed by atoms with Crippen molar-refractivity contribution in [2.45, 2.75) is 76.8 Å². The summed E-state index contributed by atoms with van der Waals surface area (Å²) in [7, 11) is 4.52. The molecule has 0 spiro atoms. The molecule has 2 amide bonds. The molecule has 2 aliphatic carbocycles. The van der Waals surface area contributed by atoms with Gasteiger partial charge < -0.3 is 24.8 Å². The van der Waals surface area contributed by atoms with E-state index in [0.717, 1.165) is 97.9 Å². The molecule has 0 atom stereocenters. The van der Waals surface area contributed by atoms with Crippen LogP contribution in [0.3, 0.4) is 0 Å². The Bertz CT molecular complexity index is 1950. The second-order valence-electron chi connectivity index (χ2n) is 14.4. The van der Waals surface area contributed by atoms with Crippen molar-refractivity contribution in [2.75, 3.05) is 45.1 Å². The zero-order valence-corrected chi connectivity index (χ0v) is 32.8. The van der Waals surface area contributed by atoms with Crippen molar-refractivity contribution in [1.82, 2.24) is 4.90 Å². The van der Waals surface area contributed by atoms with E-state index in [1.54, 1.807) is 19.2 Å². The molecule has 0 aliphatic heterocycles. The van der Waals surface area contributed by atoms with Gasteiger partial charge in [-0.2, -0.15) is 0 Å². The molecule has 1 heterocycles. The number of nitrogens with one attached hydrogen (secondary N) is 2. The van der Waals surface area contributed by atoms with Gasteiger partial charge in [-0.05, 0) is 123 Å². The molecule has 6 rings (SSSR count). The van der Waals surface area contributed by atoms with Gasteiger partial charge in [-0.25, -0.2) is 4.79 Å². The minimum Gasteiger partial charge on any atom is -0.469 e.